The predicted octanol–water partition coefficient (Wildman–Crippen LogP) is 12.7. The van der Waals surface area contributed by atoms with Gasteiger partial charge in [-0.05, 0) is 39.1 Å². The molecule has 2 aromatic heterocycles. The van der Waals surface area contributed by atoms with Gasteiger partial charge >= 0.3 is 0 Å². The van der Waals surface area contributed by atoms with Gasteiger partial charge in [-0.15, -0.1) is 0 Å². The summed E-state index contributed by atoms with van der Waals surface area (Å²) >= 11 is 0. The second-order valence-electron chi connectivity index (χ2n) is 13.4. The van der Waals surface area contributed by atoms with Crippen molar-refractivity contribution in [3.8, 4) is 67.7 Å². The molecule has 252 valence electrons. The third kappa shape index (κ3) is 5.67. The van der Waals surface area contributed by atoms with E-state index in [0.717, 1.165) is 60.9 Å². The van der Waals surface area contributed by atoms with Gasteiger partial charge in [0.05, 0.1) is 11.2 Å². The molecule has 0 N–H and O–H groups in total. The first-order valence-corrected chi connectivity index (χ1v) is 18.1. The minimum absolute atomic E-state index is 0.644. The summed E-state index contributed by atoms with van der Waals surface area (Å²) in [7, 11) is 0. The summed E-state index contributed by atoms with van der Waals surface area (Å²) in [6, 6.07) is 67.6. The van der Waals surface area contributed by atoms with Gasteiger partial charge in [0.2, 0.25) is 0 Å². The van der Waals surface area contributed by atoms with Gasteiger partial charge in [-0.25, -0.2) is 19.9 Å². The van der Waals surface area contributed by atoms with Gasteiger partial charge in [0.1, 0.15) is 0 Å². The average molecular weight is 689 g/mol. The molecule has 10 rings (SSSR count). The summed E-state index contributed by atoms with van der Waals surface area (Å²) in [4.78, 5) is 19.9. The fourth-order valence-electron chi connectivity index (χ4n) is 7.47. The number of rotatable bonds is 6. The van der Waals surface area contributed by atoms with Crippen molar-refractivity contribution >= 4 is 32.4 Å². The van der Waals surface area contributed by atoms with Crippen molar-refractivity contribution in [2.45, 2.75) is 0 Å². The quantitative estimate of drug-likeness (QED) is 0.163. The minimum atomic E-state index is 0.644. The van der Waals surface area contributed by atoms with Crippen LogP contribution in [0.5, 0.6) is 0 Å². The van der Waals surface area contributed by atoms with Crippen molar-refractivity contribution in [2.75, 3.05) is 0 Å². The Morgan fingerprint density at radius 3 is 1.35 bits per heavy atom. The van der Waals surface area contributed by atoms with Gasteiger partial charge in [0.15, 0.2) is 17.5 Å². The number of benzene rings is 8. The lowest BCUT2D eigenvalue weighted by atomic mass is 9.91. The minimum Gasteiger partial charge on any atom is -0.247 e. The van der Waals surface area contributed by atoms with E-state index >= 15 is 0 Å². The lowest BCUT2D eigenvalue weighted by Gasteiger charge is -2.15. The van der Waals surface area contributed by atoms with Crippen LogP contribution in [0.25, 0.3) is 100 Å². The van der Waals surface area contributed by atoms with Crippen LogP contribution in [0.4, 0.5) is 0 Å². The Morgan fingerprint density at radius 1 is 0.259 bits per heavy atom. The molecular weight excluding hydrogens is 657 g/mol. The molecule has 0 aliphatic heterocycles. The van der Waals surface area contributed by atoms with Gasteiger partial charge in [-0.2, -0.15) is 0 Å². The first kappa shape index (κ1) is 31.4. The zero-order valence-corrected chi connectivity index (χ0v) is 29.3. The van der Waals surface area contributed by atoms with Crippen molar-refractivity contribution < 1.29 is 0 Å². The molecule has 0 aliphatic rings. The van der Waals surface area contributed by atoms with Crippen molar-refractivity contribution in [1.82, 2.24) is 19.9 Å². The molecule has 0 radical (unpaired) electrons. The van der Waals surface area contributed by atoms with E-state index in [1.54, 1.807) is 0 Å². The Morgan fingerprint density at radius 2 is 0.704 bits per heavy atom. The summed E-state index contributed by atoms with van der Waals surface area (Å²) in [5.41, 5.74) is 10.6. The van der Waals surface area contributed by atoms with Gasteiger partial charge < -0.3 is 0 Å². The fourth-order valence-corrected chi connectivity index (χ4v) is 7.47. The van der Waals surface area contributed by atoms with E-state index in [2.05, 4.69) is 133 Å². The molecule has 4 heteroatoms. The van der Waals surface area contributed by atoms with Crippen LogP contribution in [0.2, 0.25) is 0 Å². The molecule has 2 heterocycles. The molecule has 0 fully saturated rings. The van der Waals surface area contributed by atoms with Gasteiger partial charge in [-0.3, -0.25) is 0 Å². The number of fused-ring (bicyclic) bond motifs is 4. The Balaban J connectivity index is 1.03. The van der Waals surface area contributed by atoms with Crippen LogP contribution in [0.15, 0.2) is 194 Å². The molecule has 54 heavy (non-hydrogen) atoms. The maximum absolute atomic E-state index is 5.27. The number of pyridine rings is 1. The Labute approximate surface area is 313 Å². The van der Waals surface area contributed by atoms with Crippen LogP contribution in [0.3, 0.4) is 0 Å². The smallest absolute Gasteiger partial charge is 0.164 e. The molecule has 0 saturated heterocycles. The predicted molar refractivity (Wildman–Crippen MR) is 223 cm³/mol. The monoisotopic (exact) mass is 688 g/mol. The highest BCUT2D eigenvalue weighted by molar-refractivity contribution is 6.18. The first-order chi connectivity index (χ1) is 26.8. The van der Waals surface area contributed by atoms with Crippen molar-refractivity contribution in [3.63, 3.8) is 0 Å². The van der Waals surface area contributed by atoms with Gasteiger partial charge in [0, 0.05) is 38.4 Å². The molecule has 10 aromatic rings. The number of nitrogens with zero attached hydrogens (tertiary/aromatic N) is 4. The average Bonchev–Trinajstić information content (AvgIpc) is 3.26. The molecule has 8 aromatic carbocycles. The molecule has 0 unspecified atom stereocenters. The fraction of sp³-hybridized carbons (Fsp3) is 0. The van der Waals surface area contributed by atoms with E-state index in [1.165, 1.54) is 21.7 Å². The zero-order valence-electron chi connectivity index (χ0n) is 29.3. The maximum atomic E-state index is 5.27. The lowest BCUT2D eigenvalue weighted by molar-refractivity contribution is 1.07. The third-order valence-corrected chi connectivity index (χ3v) is 10.1. The van der Waals surface area contributed by atoms with Crippen LogP contribution >= 0.6 is 0 Å². The number of hydrogen-bond donors (Lipinski definition) is 0. The highest BCUT2D eigenvalue weighted by Gasteiger charge is 2.17. The SMILES string of the molecule is c1ccc(-c2nc(-c3ccccc3)nc(-c3ccc(-c4ccc(-c5cccc6c(-c7cccc8ccccc78)nc7ccccc7c56)cc4)cc3)n2)cc1. The highest BCUT2D eigenvalue weighted by atomic mass is 15.0. The molecule has 0 bridgehead atoms. The Hall–Kier alpha value is -7.30. The standard InChI is InChI=1S/C50H32N4/c1-3-14-37(15-4-1)48-52-49(38-16-5-2-6-17-38)54-50(53-48)39-31-27-34(28-32-39)33-25-29-36(30-26-33)41-21-12-23-44-46(41)43-20-9-10-24-45(43)51-47(44)42-22-11-18-35-13-7-8-19-40(35)42/h1-32H. The third-order valence-electron chi connectivity index (χ3n) is 10.1. The summed E-state index contributed by atoms with van der Waals surface area (Å²) < 4.78 is 0. The van der Waals surface area contributed by atoms with Crippen molar-refractivity contribution in [2.24, 2.45) is 0 Å². The molecule has 0 spiro atoms. The van der Waals surface area contributed by atoms with Crippen LogP contribution in [0, 0.1) is 0 Å². The summed E-state index contributed by atoms with van der Waals surface area (Å²) in [5, 5.41) is 5.92. The van der Waals surface area contributed by atoms with Crippen LogP contribution in [-0.4, -0.2) is 19.9 Å². The van der Waals surface area contributed by atoms with Crippen LogP contribution < -0.4 is 0 Å². The van der Waals surface area contributed by atoms with E-state index in [-0.39, 0.29) is 0 Å². The first-order valence-electron chi connectivity index (χ1n) is 18.1. The van der Waals surface area contributed by atoms with Crippen LogP contribution in [0.1, 0.15) is 0 Å². The van der Waals surface area contributed by atoms with E-state index < -0.39 is 0 Å². The van der Waals surface area contributed by atoms with E-state index in [1.807, 2.05) is 60.7 Å². The lowest BCUT2D eigenvalue weighted by Crippen LogP contribution is -2.00. The number of hydrogen-bond acceptors (Lipinski definition) is 4. The highest BCUT2D eigenvalue weighted by Crippen LogP contribution is 2.40. The second kappa shape index (κ2) is 13.4. The molecule has 4 nitrogen and oxygen atoms in total. The Bertz CT molecular complexity index is 2890. The Kier molecular flexibility index (Phi) is 7.77. The summed E-state index contributed by atoms with van der Waals surface area (Å²) in [6.45, 7) is 0. The molecule has 0 aliphatic carbocycles. The van der Waals surface area contributed by atoms with Gasteiger partial charge in [-0.1, -0.05) is 188 Å². The zero-order chi connectivity index (χ0) is 35.8. The normalized spacial score (nSPS) is 11.3. The summed E-state index contributed by atoms with van der Waals surface area (Å²) in [6.07, 6.45) is 0. The van der Waals surface area contributed by atoms with E-state index in [0.29, 0.717) is 17.5 Å². The van der Waals surface area contributed by atoms with E-state index in [9.17, 15) is 0 Å². The molecular formula is C50H32N4. The van der Waals surface area contributed by atoms with Gasteiger partial charge in [0.25, 0.3) is 0 Å². The largest absolute Gasteiger partial charge is 0.247 e. The molecule has 0 atom stereocenters. The topological polar surface area (TPSA) is 51.6 Å². The van der Waals surface area contributed by atoms with E-state index in [4.69, 9.17) is 19.9 Å². The van der Waals surface area contributed by atoms with Crippen molar-refractivity contribution in [3.05, 3.63) is 194 Å². The number of aromatic nitrogens is 4. The number of para-hydroxylation sites is 1. The molecule has 0 amide bonds. The summed E-state index contributed by atoms with van der Waals surface area (Å²) in [5.74, 6) is 1.95. The maximum Gasteiger partial charge on any atom is 0.164 e. The van der Waals surface area contributed by atoms with Crippen molar-refractivity contribution in [1.29, 1.82) is 0 Å². The molecule has 0 saturated carbocycles. The van der Waals surface area contributed by atoms with Crippen LogP contribution in [-0.2, 0) is 0 Å². The second-order valence-corrected chi connectivity index (χ2v) is 13.4.